The Kier molecular flexibility index (Phi) is 7.60. The lowest BCUT2D eigenvalue weighted by Gasteiger charge is -1.89. The zero-order valence-corrected chi connectivity index (χ0v) is 8.08. The number of methoxy groups -OCH3 is 1. The molecule has 0 amide bonds. The van der Waals surface area contributed by atoms with Gasteiger partial charge in [0.05, 0.1) is 6.61 Å². The van der Waals surface area contributed by atoms with Crippen LogP contribution in [0.5, 0.6) is 0 Å². The third-order valence-corrected chi connectivity index (χ3v) is 1.34. The zero-order valence-electron chi connectivity index (χ0n) is 8.08. The summed E-state index contributed by atoms with van der Waals surface area (Å²) < 4.78 is 4.86. The molecule has 0 unspecified atom stereocenters. The highest BCUT2D eigenvalue weighted by atomic mass is 16.5. The Labute approximate surface area is 74.7 Å². The van der Waals surface area contributed by atoms with Crippen LogP contribution in [0.4, 0.5) is 0 Å². The first-order valence-electron chi connectivity index (χ1n) is 4.04. The van der Waals surface area contributed by atoms with Gasteiger partial charge in [0.25, 0.3) is 0 Å². The molecule has 0 aliphatic heterocycles. The Morgan fingerprint density at radius 3 is 2.75 bits per heavy atom. The molecule has 0 aliphatic rings. The van der Waals surface area contributed by atoms with Gasteiger partial charge in [-0.05, 0) is 18.9 Å². The van der Waals surface area contributed by atoms with Crippen LogP contribution < -0.4 is 0 Å². The Balaban J connectivity index is 3.58. The fraction of sp³-hybridized carbons (Fsp3) is 0.500. The van der Waals surface area contributed by atoms with E-state index in [9.17, 15) is 0 Å². The molecule has 0 saturated heterocycles. The summed E-state index contributed by atoms with van der Waals surface area (Å²) >= 11 is 0. The van der Waals surface area contributed by atoms with Gasteiger partial charge in [-0.3, -0.25) is 4.99 Å². The molecule has 0 rings (SSSR count). The highest BCUT2D eigenvalue weighted by molar-refractivity contribution is 5.77. The highest BCUT2D eigenvalue weighted by Gasteiger charge is 1.79. The van der Waals surface area contributed by atoms with E-state index in [-0.39, 0.29) is 0 Å². The van der Waals surface area contributed by atoms with Crippen molar-refractivity contribution in [3.05, 3.63) is 23.8 Å². The monoisotopic (exact) mass is 167 g/mol. The van der Waals surface area contributed by atoms with E-state index in [2.05, 4.69) is 17.1 Å². The molecule has 2 heteroatoms. The van der Waals surface area contributed by atoms with Crippen LogP contribution in [-0.4, -0.2) is 27.0 Å². The lowest BCUT2D eigenvalue weighted by atomic mass is 10.2. The molecule has 68 valence electrons. The van der Waals surface area contributed by atoms with E-state index in [0.29, 0.717) is 6.61 Å². The molecule has 0 spiro atoms. The minimum atomic E-state index is 0.689. The van der Waals surface area contributed by atoms with E-state index >= 15 is 0 Å². The molecule has 0 N–H and O–H groups in total. The van der Waals surface area contributed by atoms with Crippen molar-refractivity contribution in [3.8, 4) is 0 Å². The largest absolute Gasteiger partial charge is 0.381 e. The van der Waals surface area contributed by atoms with E-state index in [1.807, 2.05) is 19.2 Å². The topological polar surface area (TPSA) is 21.6 Å². The maximum atomic E-state index is 4.86. The van der Waals surface area contributed by atoms with Crippen molar-refractivity contribution >= 4 is 6.21 Å². The average Bonchev–Trinajstić information content (AvgIpc) is 2.05. The van der Waals surface area contributed by atoms with E-state index < -0.39 is 0 Å². The second-order valence-electron chi connectivity index (χ2n) is 2.50. The summed E-state index contributed by atoms with van der Waals surface area (Å²) in [6.45, 7) is 2.73. The van der Waals surface area contributed by atoms with Crippen molar-refractivity contribution in [1.29, 1.82) is 0 Å². The highest BCUT2D eigenvalue weighted by Crippen LogP contribution is 1.93. The average molecular weight is 167 g/mol. The molecule has 0 radical (unpaired) electrons. The van der Waals surface area contributed by atoms with Crippen LogP contribution in [-0.2, 0) is 4.74 Å². The molecule has 0 aromatic rings. The molecule has 0 aromatic carbocycles. The third-order valence-electron chi connectivity index (χ3n) is 1.34. The van der Waals surface area contributed by atoms with Crippen molar-refractivity contribution in [3.63, 3.8) is 0 Å². The van der Waals surface area contributed by atoms with Gasteiger partial charge in [0.2, 0.25) is 0 Å². The molecule has 12 heavy (non-hydrogen) atoms. The molecule has 0 aliphatic carbocycles. The Hall–Kier alpha value is -0.890. The van der Waals surface area contributed by atoms with Crippen molar-refractivity contribution in [2.45, 2.75) is 13.3 Å². The smallest absolute Gasteiger partial charge is 0.0643 e. The number of rotatable bonds is 5. The summed E-state index contributed by atoms with van der Waals surface area (Å²) in [4.78, 5) is 3.91. The molecule has 2 nitrogen and oxygen atoms in total. The minimum absolute atomic E-state index is 0.689. The van der Waals surface area contributed by atoms with Crippen LogP contribution in [0.2, 0.25) is 0 Å². The van der Waals surface area contributed by atoms with Crippen molar-refractivity contribution < 1.29 is 4.74 Å². The summed E-state index contributed by atoms with van der Waals surface area (Å²) in [6.07, 6.45) is 9.01. The summed E-state index contributed by atoms with van der Waals surface area (Å²) in [6, 6.07) is 0. The molecule has 0 aromatic heterocycles. The first-order chi connectivity index (χ1) is 5.81. The molecule has 0 heterocycles. The SMILES string of the molecule is CN=C/C(C)=C\C/C=C/COC. The van der Waals surface area contributed by atoms with Gasteiger partial charge < -0.3 is 4.74 Å². The Bertz CT molecular complexity index is 180. The lowest BCUT2D eigenvalue weighted by molar-refractivity contribution is 0.233. The van der Waals surface area contributed by atoms with Crippen LogP contribution >= 0.6 is 0 Å². The number of nitrogens with zero attached hydrogens (tertiary/aromatic N) is 1. The van der Waals surface area contributed by atoms with Crippen molar-refractivity contribution in [2.24, 2.45) is 4.99 Å². The molecular formula is C10H17NO. The maximum absolute atomic E-state index is 4.86. The predicted molar refractivity (Wildman–Crippen MR) is 53.8 cm³/mol. The van der Waals surface area contributed by atoms with Gasteiger partial charge in [0.1, 0.15) is 0 Å². The number of hydrogen-bond donors (Lipinski definition) is 0. The van der Waals surface area contributed by atoms with Crippen molar-refractivity contribution in [2.75, 3.05) is 20.8 Å². The van der Waals surface area contributed by atoms with E-state index in [1.165, 1.54) is 5.57 Å². The summed E-state index contributed by atoms with van der Waals surface area (Å²) in [7, 11) is 3.47. The number of ether oxygens (including phenoxy) is 1. The normalized spacial score (nSPS) is 13.4. The Morgan fingerprint density at radius 1 is 1.42 bits per heavy atom. The quantitative estimate of drug-likeness (QED) is 0.454. The second kappa shape index (κ2) is 8.21. The maximum Gasteiger partial charge on any atom is 0.0643 e. The number of allylic oxidation sites excluding steroid dienone is 3. The molecule has 0 bridgehead atoms. The van der Waals surface area contributed by atoms with E-state index in [1.54, 1.807) is 14.2 Å². The van der Waals surface area contributed by atoms with Gasteiger partial charge in [-0.2, -0.15) is 0 Å². The molecular weight excluding hydrogens is 150 g/mol. The van der Waals surface area contributed by atoms with E-state index in [4.69, 9.17) is 4.74 Å². The fourth-order valence-electron chi connectivity index (χ4n) is 0.771. The van der Waals surface area contributed by atoms with Gasteiger partial charge in [0, 0.05) is 20.4 Å². The minimum Gasteiger partial charge on any atom is -0.381 e. The summed E-state index contributed by atoms with van der Waals surface area (Å²) in [5.74, 6) is 0. The van der Waals surface area contributed by atoms with Crippen LogP contribution in [0.15, 0.2) is 28.8 Å². The first kappa shape index (κ1) is 11.1. The standard InChI is InChI=1S/C10H17NO/c1-10(9-11-2)7-5-4-6-8-12-3/h4,6-7,9H,5,8H2,1-3H3/b6-4+,10-7-,11-9?. The summed E-state index contributed by atoms with van der Waals surface area (Å²) in [5.41, 5.74) is 1.19. The second-order valence-corrected chi connectivity index (χ2v) is 2.50. The number of hydrogen-bond acceptors (Lipinski definition) is 2. The molecule has 0 atom stereocenters. The molecule has 0 saturated carbocycles. The van der Waals surface area contributed by atoms with Crippen LogP contribution in [0.3, 0.4) is 0 Å². The Morgan fingerprint density at radius 2 is 2.17 bits per heavy atom. The van der Waals surface area contributed by atoms with Gasteiger partial charge in [-0.15, -0.1) is 0 Å². The fourth-order valence-corrected chi connectivity index (χ4v) is 0.771. The predicted octanol–water partition coefficient (Wildman–Crippen LogP) is 2.23. The summed E-state index contributed by atoms with van der Waals surface area (Å²) in [5, 5.41) is 0. The van der Waals surface area contributed by atoms with Gasteiger partial charge in [-0.25, -0.2) is 0 Å². The number of aliphatic imine (C=N–C) groups is 1. The van der Waals surface area contributed by atoms with Gasteiger partial charge in [-0.1, -0.05) is 18.2 Å². The van der Waals surface area contributed by atoms with Gasteiger partial charge in [0.15, 0.2) is 0 Å². The van der Waals surface area contributed by atoms with Crippen LogP contribution in [0.1, 0.15) is 13.3 Å². The van der Waals surface area contributed by atoms with Gasteiger partial charge >= 0.3 is 0 Å². The first-order valence-corrected chi connectivity index (χ1v) is 4.04. The zero-order chi connectivity index (χ0) is 9.23. The third kappa shape index (κ3) is 7.22. The molecule has 0 fully saturated rings. The van der Waals surface area contributed by atoms with Crippen LogP contribution in [0.25, 0.3) is 0 Å². The van der Waals surface area contributed by atoms with Crippen LogP contribution in [0, 0.1) is 0 Å². The van der Waals surface area contributed by atoms with Crippen molar-refractivity contribution in [1.82, 2.24) is 0 Å². The lowest BCUT2D eigenvalue weighted by Crippen LogP contribution is -1.80. The van der Waals surface area contributed by atoms with E-state index in [0.717, 1.165) is 6.42 Å².